The van der Waals surface area contributed by atoms with Crippen molar-refractivity contribution in [1.82, 2.24) is 0 Å². The Labute approximate surface area is 125 Å². The molecule has 0 bridgehead atoms. The van der Waals surface area contributed by atoms with Gasteiger partial charge in [0.25, 0.3) is 10.0 Å². The summed E-state index contributed by atoms with van der Waals surface area (Å²) in [7, 11) is -3.79. The zero-order valence-electron chi connectivity index (χ0n) is 10.8. The van der Waals surface area contributed by atoms with E-state index < -0.39 is 16.0 Å². The number of aromatic carboxylic acids is 1. The van der Waals surface area contributed by atoms with Crippen molar-refractivity contribution < 1.29 is 18.3 Å². The number of sulfonamides is 1. The van der Waals surface area contributed by atoms with Crippen molar-refractivity contribution in [3.05, 3.63) is 46.3 Å². The van der Waals surface area contributed by atoms with E-state index in [1.165, 1.54) is 30.3 Å². The lowest BCUT2D eigenvalue weighted by Crippen LogP contribution is -2.12. The quantitative estimate of drug-likeness (QED) is 0.899. The maximum absolute atomic E-state index is 12.2. The van der Waals surface area contributed by atoms with Crippen LogP contribution in [0.1, 0.15) is 20.8 Å². The molecule has 2 aromatic rings. The topological polar surface area (TPSA) is 107 Å². The van der Waals surface area contributed by atoms with Gasteiger partial charge in [-0.15, -0.1) is 11.3 Å². The predicted molar refractivity (Wildman–Crippen MR) is 78.0 cm³/mol. The van der Waals surface area contributed by atoms with Crippen LogP contribution in [0.25, 0.3) is 0 Å². The van der Waals surface area contributed by atoms with Gasteiger partial charge >= 0.3 is 5.97 Å². The highest BCUT2D eigenvalue weighted by Gasteiger charge is 2.18. The molecular weight excluding hydrogens is 312 g/mol. The highest BCUT2D eigenvalue weighted by atomic mass is 32.2. The van der Waals surface area contributed by atoms with E-state index in [-0.39, 0.29) is 9.77 Å². The second kappa shape index (κ2) is 5.55. The maximum atomic E-state index is 12.2. The molecule has 6 nitrogen and oxygen atoms in total. The van der Waals surface area contributed by atoms with E-state index in [4.69, 9.17) is 10.4 Å². The molecule has 1 aromatic heterocycles. The Morgan fingerprint density at radius 3 is 2.57 bits per heavy atom. The summed E-state index contributed by atoms with van der Waals surface area (Å²) in [4.78, 5) is 11.1. The summed E-state index contributed by atoms with van der Waals surface area (Å²) in [5.74, 6) is -1.08. The smallest absolute Gasteiger partial charge is 0.335 e. The molecule has 1 aromatic carbocycles. The SMILES string of the molecule is Cc1cc(C(=O)O)ccc1NS(=O)(=O)c1ccc(C#N)s1. The number of anilines is 1. The number of aryl methyl sites for hydroxylation is 1. The fourth-order valence-corrected chi connectivity index (χ4v) is 3.86. The number of rotatable bonds is 4. The first-order chi connectivity index (χ1) is 9.83. The lowest BCUT2D eigenvalue weighted by molar-refractivity contribution is 0.0697. The van der Waals surface area contributed by atoms with Crippen LogP contribution in [0.15, 0.2) is 34.5 Å². The molecule has 0 fully saturated rings. The number of thiophene rings is 1. The Morgan fingerprint density at radius 1 is 1.33 bits per heavy atom. The van der Waals surface area contributed by atoms with E-state index in [0.717, 1.165) is 11.3 Å². The van der Waals surface area contributed by atoms with Crippen molar-refractivity contribution in [3.63, 3.8) is 0 Å². The largest absolute Gasteiger partial charge is 0.478 e. The van der Waals surface area contributed by atoms with E-state index in [1.54, 1.807) is 6.92 Å². The van der Waals surface area contributed by atoms with Crippen molar-refractivity contribution in [2.45, 2.75) is 11.1 Å². The molecular formula is C13H10N2O4S2. The third-order valence-corrected chi connectivity index (χ3v) is 5.52. The van der Waals surface area contributed by atoms with Gasteiger partial charge in [-0.2, -0.15) is 5.26 Å². The van der Waals surface area contributed by atoms with Gasteiger partial charge in [0.1, 0.15) is 15.2 Å². The molecule has 0 aliphatic heterocycles. The van der Waals surface area contributed by atoms with Crippen LogP contribution < -0.4 is 4.72 Å². The molecule has 8 heteroatoms. The van der Waals surface area contributed by atoms with Gasteiger partial charge in [-0.1, -0.05) is 0 Å². The number of nitrogens with zero attached hydrogens (tertiary/aromatic N) is 1. The molecule has 21 heavy (non-hydrogen) atoms. The molecule has 0 unspecified atom stereocenters. The van der Waals surface area contributed by atoms with Gasteiger partial charge in [-0.3, -0.25) is 4.72 Å². The Morgan fingerprint density at radius 2 is 2.05 bits per heavy atom. The summed E-state index contributed by atoms with van der Waals surface area (Å²) in [6, 6.07) is 8.76. The second-order valence-corrected chi connectivity index (χ2v) is 7.16. The Bertz CT molecular complexity index is 847. The summed E-state index contributed by atoms with van der Waals surface area (Å²) < 4.78 is 26.8. The third kappa shape index (κ3) is 3.21. The van der Waals surface area contributed by atoms with E-state index in [9.17, 15) is 13.2 Å². The van der Waals surface area contributed by atoms with Crippen LogP contribution in [-0.4, -0.2) is 19.5 Å². The minimum Gasteiger partial charge on any atom is -0.478 e. The van der Waals surface area contributed by atoms with Crippen LogP contribution in [-0.2, 0) is 10.0 Å². The van der Waals surface area contributed by atoms with Crippen LogP contribution in [0, 0.1) is 18.3 Å². The van der Waals surface area contributed by atoms with E-state index >= 15 is 0 Å². The molecule has 0 saturated heterocycles. The van der Waals surface area contributed by atoms with Crippen molar-refractivity contribution in [2.75, 3.05) is 4.72 Å². The molecule has 0 aliphatic carbocycles. The van der Waals surface area contributed by atoms with Gasteiger partial charge in [0, 0.05) is 0 Å². The van der Waals surface area contributed by atoms with Crippen LogP contribution in [0.2, 0.25) is 0 Å². The van der Waals surface area contributed by atoms with Gasteiger partial charge in [-0.05, 0) is 42.8 Å². The van der Waals surface area contributed by atoms with E-state index in [1.807, 2.05) is 6.07 Å². The van der Waals surface area contributed by atoms with Crippen molar-refractivity contribution in [1.29, 1.82) is 5.26 Å². The summed E-state index contributed by atoms with van der Waals surface area (Å²) in [5, 5.41) is 17.6. The van der Waals surface area contributed by atoms with Crippen molar-refractivity contribution in [2.24, 2.45) is 0 Å². The van der Waals surface area contributed by atoms with Crippen LogP contribution >= 0.6 is 11.3 Å². The first-order valence-corrected chi connectivity index (χ1v) is 8.00. The average molecular weight is 322 g/mol. The highest BCUT2D eigenvalue weighted by molar-refractivity contribution is 7.94. The lowest BCUT2D eigenvalue weighted by atomic mass is 10.1. The van der Waals surface area contributed by atoms with Crippen molar-refractivity contribution in [3.8, 4) is 6.07 Å². The summed E-state index contributed by atoms with van der Waals surface area (Å²) >= 11 is 0.867. The van der Waals surface area contributed by atoms with Crippen molar-refractivity contribution >= 4 is 33.0 Å². The molecule has 108 valence electrons. The first-order valence-electron chi connectivity index (χ1n) is 5.70. The maximum Gasteiger partial charge on any atom is 0.335 e. The van der Waals surface area contributed by atoms with Crippen LogP contribution in [0.5, 0.6) is 0 Å². The Hall–Kier alpha value is -2.37. The van der Waals surface area contributed by atoms with Gasteiger partial charge in [0.15, 0.2) is 0 Å². The van der Waals surface area contributed by atoms with Gasteiger partial charge < -0.3 is 5.11 Å². The predicted octanol–water partition coefficient (Wildman–Crippen LogP) is 2.43. The summed E-state index contributed by atoms with van der Waals surface area (Å²) in [6.45, 7) is 1.61. The number of carbonyl (C=O) groups is 1. The molecule has 0 aliphatic rings. The zero-order valence-corrected chi connectivity index (χ0v) is 12.5. The molecule has 0 spiro atoms. The highest BCUT2D eigenvalue weighted by Crippen LogP contribution is 2.25. The van der Waals surface area contributed by atoms with Crippen LogP contribution in [0.4, 0.5) is 5.69 Å². The van der Waals surface area contributed by atoms with Gasteiger partial charge in [0.2, 0.25) is 0 Å². The third-order valence-electron chi connectivity index (χ3n) is 2.67. The molecule has 0 saturated carbocycles. The van der Waals surface area contributed by atoms with E-state index in [2.05, 4.69) is 4.72 Å². The number of nitriles is 1. The standard InChI is InChI=1S/C13H10N2O4S2/c1-8-6-9(13(16)17)2-4-11(8)15-21(18,19)12-5-3-10(7-14)20-12/h2-6,15H,1H3,(H,16,17). The fourth-order valence-electron chi connectivity index (χ4n) is 1.63. The summed E-state index contributed by atoms with van der Waals surface area (Å²) in [5.41, 5.74) is 0.876. The zero-order chi connectivity index (χ0) is 15.6. The van der Waals surface area contributed by atoms with E-state index in [0.29, 0.717) is 16.1 Å². The average Bonchev–Trinajstić information content (AvgIpc) is 2.90. The molecule has 2 rings (SSSR count). The van der Waals surface area contributed by atoms with Gasteiger partial charge in [0.05, 0.1) is 11.3 Å². The Kier molecular flexibility index (Phi) is 3.97. The normalized spacial score (nSPS) is 10.9. The Balaban J connectivity index is 2.33. The number of carboxylic acid groups (broad SMARTS) is 1. The van der Waals surface area contributed by atoms with Gasteiger partial charge in [-0.25, -0.2) is 13.2 Å². The second-order valence-electron chi connectivity index (χ2n) is 4.17. The monoisotopic (exact) mass is 322 g/mol. The molecule has 1 heterocycles. The first kappa shape index (κ1) is 15.0. The molecule has 2 N–H and O–H groups in total. The summed E-state index contributed by atoms with van der Waals surface area (Å²) in [6.07, 6.45) is 0. The number of hydrogen-bond donors (Lipinski definition) is 2. The number of nitrogens with one attached hydrogen (secondary N) is 1. The lowest BCUT2D eigenvalue weighted by Gasteiger charge is -2.09. The fraction of sp³-hybridized carbons (Fsp3) is 0.0769. The number of benzene rings is 1. The minimum atomic E-state index is -3.79. The number of carboxylic acids is 1. The molecule has 0 radical (unpaired) electrons. The minimum absolute atomic E-state index is 0.0285. The molecule has 0 atom stereocenters. The number of hydrogen-bond acceptors (Lipinski definition) is 5. The van der Waals surface area contributed by atoms with Crippen LogP contribution in [0.3, 0.4) is 0 Å². The molecule has 0 amide bonds.